The van der Waals surface area contributed by atoms with E-state index in [1.807, 2.05) is 42.5 Å². The van der Waals surface area contributed by atoms with Crippen molar-refractivity contribution in [3.8, 4) is 0 Å². The minimum atomic E-state index is -0.170. The molecule has 4 aromatic rings. The zero-order valence-electron chi connectivity index (χ0n) is 15.3. The molecular weight excluding hydrogens is 370 g/mol. The third-order valence-electron chi connectivity index (χ3n) is 4.67. The van der Waals surface area contributed by atoms with E-state index < -0.39 is 0 Å². The molecule has 0 aliphatic rings. The Morgan fingerprint density at radius 1 is 0.929 bits per heavy atom. The van der Waals surface area contributed by atoms with Gasteiger partial charge in [0.25, 0.3) is 5.91 Å². The van der Waals surface area contributed by atoms with Crippen molar-refractivity contribution in [1.29, 1.82) is 0 Å². The number of aromatic nitrogens is 2. The third kappa shape index (κ3) is 3.92. The van der Waals surface area contributed by atoms with E-state index in [1.54, 1.807) is 18.2 Å². The molecule has 4 rings (SSSR count). The molecule has 140 valence electrons. The average molecular weight is 390 g/mol. The first-order valence-electron chi connectivity index (χ1n) is 9.23. The number of amides is 1. The zero-order valence-corrected chi connectivity index (χ0v) is 16.1. The van der Waals surface area contributed by atoms with Crippen LogP contribution in [0.25, 0.3) is 11.0 Å². The predicted molar refractivity (Wildman–Crippen MR) is 113 cm³/mol. The summed E-state index contributed by atoms with van der Waals surface area (Å²) in [4.78, 5) is 17.2. The second-order valence-corrected chi connectivity index (χ2v) is 6.98. The first-order valence-corrected chi connectivity index (χ1v) is 9.61. The largest absolute Gasteiger partial charge is 0.352 e. The van der Waals surface area contributed by atoms with E-state index in [2.05, 4.69) is 28.1 Å². The molecule has 0 radical (unpaired) electrons. The molecule has 1 amide bonds. The molecule has 28 heavy (non-hydrogen) atoms. The number of fused-ring (bicyclic) bond motifs is 1. The minimum Gasteiger partial charge on any atom is -0.352 e. The number of carbonyl (C=O) groups excluding carboxylic acids is 1. The lowest BCUT2D eigenvalue weighted by Crippen LogP contribution is -2.26. The van der Waals surface area contributed by atoms with Crippen molar-refractivity contribution in [2.45, 2.75) is 13.0 Å². The number of rotatable bonds is 6. The molecule has 0 spiro atoms. The van der Waals surface area contributed by atoms with Crippen molar-refractivity contribution in [3.05, 3.63) is 101 Å². The Hall–Kier alpha value is -3.11. The highest BCUT2D eigenvalue weighted by Crippen LogP contribution is 2.19. The van der Waals surface area contributed by atoms with Crippen molar-refractivity contribution in [2.75, 3.05) is 6.54 Å². The molecule has 0 saturated heterocycles. The fourth-order valence-electron chi connectivity index (χ4n) is 3.29. The molecular formula is C23H20ClN3O. The van der Waals surface area contributed by atoms with Crippen LogP contribution in [0, 0.1) is 0 Å². The Kier molecular flexibility index (Phi) is 5.40. The highest BCUT2D eigenvalue weighted by atomic mass is 35.5. The summed E-state index contributed by atoms with van der Waals surface area (Å²) in [5, 5.41) is 3.40. The molecule has 0 aliphatic carbocycles. The van der Waals surface area contributed by atoms with Gasteiger partial charge in [-0.15, -0.1) is 0 Å². The van der Waals surface area contributed by atoms with Gasteiger partial charge in [-0.05, 0) is 29.8 Å². The Labute approximate surface area is 168 Å². The number of hydrogen-bond donors (Lipinski definition) is 1. The number of nitrogens with zero attached hydrogens (tertiary/aromatic N) is 2. The molecule has 3 aromatic carbocycles. The molecule has 4 nitrogen and oxygen atoms in total. The Balaban J connectivity index is 1.53. The maximum absolute atomic E-state index is 12.4. The van der Waals surface area contributed by atoms with E-state index in [4.69, 9.17) is 16.6 Å². The lowest BCUT2D eigenvalue weighted by molar-refractivity contribution is 0.0954. The van der Waals surface area contributed by atoms with Crippen LogP contribution in [0.2, 0.25) is 5.02 Å². The highest BCUT2D eigenvalue weighted by molar-refractivity contribution is 6.33. The Bertz CT molecular complexity index is 1110. The fourth-order valence-corrected chi connectivity index (χ4v) is 3.51. The number of imidazole rings is 1. The quantitative estimate of drug-likeness (QED) is 0.519. The molecule has 0 bridgehead atoms. The lowest BCUT2D eigenvalue weighted by atomic mass is 10.2. The lowest BCUT2D eigenvalue weighted by Gasteiger charge is -2.10. The van der Waals surface area contributed by atoms with Gasteiger partial charge >= 0.3 is 0 Å². The molecule has 0 atom stereocenters. The summed E-state index contributed by atoms with van der Waals surface area (Å²) in [6.45, 7) is 1.23. The van der Waals surface area contributed by atoms with Crippen LogP contribution in [-0.4, -0.2) is 22.0 Å². The van der Waals surface area contributed by atoms with Gasteiger partial charge in [0.1, 0.15) is 5.82 Å². The second kappa shape index (κ2) is 8.28. The number of hydrogen-bond acceptors (Lipinski definition) is 2. The van der Waals surface area contributed by atoms with Crippen molar-refractivity contribution in [2.24, 2.45) is 0 Å². The van der Waals surface area contributed by atoms with Crippen molar-refractivity contribution >= 4 is 28.5 Å². The van der Waals surface area contributed by atoms with Crippen LogP contribution in [-0.2, 0) is 13.0 Å². The SMILES string of the molecule is O=C(NCCc1nc2ccccc2n1Cc1ccccc1)c1ccccc1Cl. The first-order chi connectivity index (χ1) is 13.7. The van der Waals surface area contributed by atoms with Crippen LogP contribution in [0.4, 0.5) is 0 Å². The van der Waals surface area contributed by atoms with Crippen LogP contribution in [0.15, 0.2) is 78.9 Å². The van der Waals surface area contributed by atoms with Gasteiger partial charge in [-0.3, -0.25) is 4.79 Å². The summed E-state index contributed by atoms with van der Waals surface area (Å²) >= 11 is 6.11. The maximum atomic E-state index is 12.4. The van der Waals surface area contributed by atoms with Crippen molar-refractivity contribution in [3.63, 3.8) is 0 Å². The third-order valence-corrected chi connectivity index (χ3v) is 5.00. The number of halogens is 1. The predicted octanol–water partition coefficient (Wildman–Crippen LogP) is 4.71. The Morgan fingerprint density at radius 3 is 2.46 bits per heavy atom. The topological polar surface area (TPSA) is 46.9 Å². The first kappa shape index (κ1) is 18.3. The summed E-state index contributed by atoms with van der Waals surface area (Å²) < 4.78 is 2.21. The number of para-hydroxylation sites is 2. The Morgan fingerprint density at radius 2 is 1.64 bits per heavy atom. The van der Waals surface area contributed by atoms with E-state index in [-0.39, 0.29) is 5.91 Å². The standard InChI is InChI=1S/C23H20ClN3O/c24-19-11-5-4-10-18(19)23(28)25-15-14-22-26-20-12-6-7-13-21(20)27(22)16-17-8-2-1-3-9-17/h1-13H,14-16H2,(H,25,28). The molecule has 1 aromatic heterocycles. The van der Waals surface area contributed by atoms with Crippen LogP contribution in [0.3, 0.4) is 0 Å². The van der Waals surface area contributed by atoms with Gasteiger partial charge in [-0.25, -0.2) is 4.98 Å². The van der Waals surface area contributed by atoms with Gasteiger partial charge in [0, 0.05) is 19.5 Å². The summed E-state index contributed by atoms with van der Waals surface area (Å²) in [5.74, 6) is 0.779. The van der Waals surface area contributed by atoms with Gasteiger partial charge in [-0.1, -0.05) is 66.2 Å². The molecule has 0 fully saturated rings. The fraction of sp³-hybridized carbons (Fsp3) is 0.130. The van der Waals surface area contributed by atoms with Gasteiger partial charge < -0.3 is 9.88 Å². The normalized spacial score (nSPS) is 10.9. The van der Waals surface area contributed by atoms with E-state index in [9.17, 15) is 4.79 Å². The monoisotopic (exact) mass is 389 g/mol. The van der Waals surface area contributed by atoms with Crippen molar-refractivity contribution < 1.29 is 4.79 Å². The van der Waals surface area contributed by atoms with Crippen LogP contribution >= 0.6 is 11.6 Å². The molecule has 1 heterocycles. The van der Waals surface area contributed by atoms with E-state index in [0.29, 0.717) is 23.6 Å². The van der Waals surface area contributed by atoms with E-state index in [1.165, 1.54) is 5.56 Å². The van der Waals surface area contributed by atoms with Gasteiger partial charge in [-0.2, -0.15) is 0 Å². The van der Waals surface area contributed by atoms with E-state index >= 15 is 0 Å². The summed E-state index contributed by atoms with van der Waals surface area (Å²) in [5.41, 5.74) is 3.76. The number of nitrogens with one attached hydrogen (secondary N) is 1. The summed E-state index contributed by atoms with van der Waals surface area (Å²) in [6, 6.07) is 25.5. The van der Waals surface area contributed by atoms with Gasteiger partial charge in [0.2, 0.25) is 0 Å². The van der Waals surface area contributed by atoms with E-state index in [0.717, 1.165) is 23.4 Å². The average Bonchev–Trinajstić information content (AvgIpc) is 3.06. The molecule has 1 N–H and O–H groups in total. The van der Waals surface area contributed by atoms with Crippen LogP contribution < -0.4 is 5.32 Å². The summed E-state index contributed by atoms with van der Waals surface area (Å²) in [7, 11) is 0. The van der Waals surface area contributed by atoms with Crippen LogP contribution in [0.1, 0.15) is 21.7 Å². The molecule has 5 heteroatoms. The smallest absolute Gasteiger partial charge is 0.252 e. The van der Waals surface area contributed by atoms with Crippen LogP contribution in [0.5, 0.6) is 0 Å². The number of benzene rings is 3. The molecule has 0 saturated carbocycles. The molecule has 0 unspecified atom stereocenters. The minimum absolute atomic E-state index is 0.170. The zero-order chi connectivity index (χ0) is 19.3. The van der Waals surface area contributed by atoms with Gasteiger partial charge in [0.05, 0.1) is 21.6 Å². The highest BCUT2D eigenvalue weighted by Gasteiger charge is 2.13. The maximum Gasteiger partial charge on any atom is 0.252 e. The van der Waals surface area contributed by atoms with Gasteiger partial charge in [0.15, 0.2) is 0 Å². The summed E-state index contributed by atoms with van der Waals surface area (Å²) in [6.07, 6.45) is 0.637. The number of carbonyl (C=O) groups is 1. The molecule has 0 aliphatic heterocycles. The second-order valence-electron chi connectivity index (χ2n) is 6.57. The van der Waals surface area contributed by atoms with Crippen molar-refractivity contribution in [1.82, 2.24) is 14.9 Å².